The number of nitrogens with zero attached hydrogens (tertiary/aromatic N) is 1. The molecule has 38 heavy (non-hydrogen) atoms. The van der Waals surface area contributed by atoms with Crippen molar-refractivity contribution in [3.63, 3.8) is 0 Å². The molecule has 3 aromatic rings. The average Bonchev–Trinajstić information content (AvgIpc) is 2.89. The highest BCUT2D eigenvalue weighted by Crippen LogP contribution is 2.45. The molecule has 0 bridgehead atoms. The van der Waals surface area contributed by atoms with Crippen molar-refractivity contribution in [1.82, 2.24) is 0 Å². The molecule has 0 aliphatic heterocycles. The summed E-state index contributed by atoms with van der Waals surface area (Å²) in [5, 5.41) is 0. The fourth-order valence-electron chi connectivity index (χ4n) is 4.93. The number of hydrogen-bond donors (Lipinski definition) is 0. The molecule has 0 N–H and O–H groups in total. The molecule has 1 saturated carbocycles. The molecule has 0 spiro atoms. The Hall–Kier alpha value is -3.62. The van der Waals surface area contributed by atoms with Crippen molar-refractivity contribution in [2.45, 2.75) is 50.9 Å². The Balaban J connectivity index is 1.83. The first kappa shape index (κ1) is 27.4. The number of halogens is 5. The van der Waals surface area contributed by atoms with Crippen LogP contribution < -0.4 is 14.4 Å². The van der Waals surface area contributed by atoms with Gasteiger partial charge < -0.3 is 14.4 Å². The number of carbonyl (C=O) groups is 1. The molecule has 0 radical (unpaired) electrons. The molecule has 1 unspecified atom stereocenters. The van der Waals surface area contributed by atoms with Crippen LogP contribution in [0.15, 0.2) is 54.6 Å². The van der Waals surface area contributed by atoms with E-state index in [1.54, 1.807) is 48.5 Å². The topological polar surface area (TPSA) is 38.8 Å². The van der Waals surface area contributed by atoms with Gasteiger partial charge in [0.2, 0.25) is 0 Å². The minimum absolute atomic E-state index is 0.0841. The summed E-state index contributed by atoms with van der Waals surface area (Å²) in [5.74, 6) is -2.81. The number of methoxy groups -OCH3 is 2. The van der Waals surface area contributed by atoms with Gasteiger partial charge in [-0.3, -0.25) is 4.79 Å². The predicted octanol–water partition coefficient (Wildman–Crippen LogP) is 7.43. The summed E-state index contributed by atoms with van der Waals surface area (Å²) in [4.78, 5) is 13.6. The molecule has 9 heteroatoms. The van der Waals surface area contributed by atoms with Crippen molar-refractivity contribution in [2.24, 2.45) is 0 Å². The number of rotatable bonds is 8. The summed E-state index contributed by atoms with van der Waals surface area (Å²) in [6.45, 7) is 0.168. The van der Waals surface area contributed by atoms with Gasteiger partial charge in [0.25, 0.3) is 0 Å². The van der Waals surface area contributed by atoms with Gasteiger partial charge in [-0.15, -0.1) is 0 Å². The van der Waals surface area contributed by atoms with Crippen LogP contribution in [-0.4, -0.2) is 20.0 Å². The number of alkyl halides is 3. The molecular formula is C29H28F5NO3. The Kier molecular flexibility index (Phi) is 8.23. The normalized spacial score (nSPS) is 15.9. The number of anilines is 1. The number of carbonyl (C=O) groups excluding carboxylic acids is 1. The maximum absolute atomic E-state index is 16.2. The van der Waals surface area contributed by atoms with Crippen molar-refractivity contribution in [1.29, 1.82) is 0 Å². The predicted molar refractivity (Wildman–Crippen MR) is 133 cm³/mol. The Morgan fingerprint density at radius 2 is 1.42 bits per heavy atom. The number of ketones is 1. The average molecular weight is 534 g/mol. The monoisotopic (exact) mass is 533 g/mol. The van der Waals surface area contributed by atoms with Gasteiger partial charge in [0, 0.05) is 37.6 Å². The summed E-state index contributed by atoms with van der Waals surface area (Å²) in [6.07, 6.45) is -4.64. The second-order valence-electron chi connectivity index (χ2n) is 9.36. The molecule has 1 aliphatic carbocycles. The third-order valence-corrected chi connectivity index (χ3v) is 6.81. The third kappa shape index (κ3) is 6.09. The van der Waals surface area contributed by atoms with Crippen LogP contribution in [0.3, 0.4) is 0 Å². The molecule has 4 rings (SSSR count). The summed E-state index contributed by atoms with van der Waals surface area (Å²) in [7, 11) is 3.03. The van der Waals surface area contributed by atoms with Gasteiger partial charge in [0.05, 0.1) is 25.5 Å². The first-order valence-corrected chi connectivity index (χ1v) is 12.2. The van der Waals surface area contributed by atoms with Gasteiger partial charge in [-0.1, -0.05) is 24.3 Å². The Labute approximate surface area is 218 Å². The Bertz CT molecular complexity index is 1220. The highest BCUT2D eigenvalue weighted by atomic mass is 19.4. The number of benzene rings is 3. The highest BCUT2D eigenvalue weighted by Gasteiger charge is 2.42. The number of ether oxygens (including phenoxy) is 2. The standard InChI is InChI=1S/C29H28F5NO3/c1-37-22-10-6-18(7-11-22)16-35(17-19-8-12-23(38-2)13-9-19)25-15-24(30)27(29(32,33)34)26(28(25)31)20-4-3-5-21(36)14-20/h6-13,15,20H,3-5,14,16-17H2,1-2H3. The molecule has 4 nitrogen and oxygen atoms in total. The molecule has 1 atom stereocenters. The zero-order chi connectivity index (χ0) is 27.4. The quantitative estimate of drug-likeness (QED) is 0.282. The van der Waals surface area contributed by atoms with Gasteiger partial charge in [-0.2, -0.15) is 13.2 Å². The molecule has 202 valence electrons. The zero-order valence-electron chi connectivity index (χ0n) is 21.1. The largest absolute Gasteiger partial charge is 0.497 e. The second kappa shape index (κ2) is 11.4. The summed E-state index contributed by atoms with van der Waals surface area (Å²) >= 11 is 0. The van der Waals surface area contributed by atoms with E-state index in [0.29, 0.717) is 35.1 Å². The van der Waals surface area contributed by atoms with E-state index in [1.807, 2.05) is 0 Å². The highest BCUT2D eigenvalue weighted by molar-refractivity contribution is 5.80. The van der Waals surface area contributed by atoms with Crippen molar-refractivity contribution in [2.75, 3.05) is 19.1 Å². The molecular weight excluding hydrogens is 505 g/mol. The van der Waals surface area contributed by atoms with Crippen molar-refractivity contribution < 1.29 is 36.2 Å². The SMILES string of the molecule is COc1ccc(CN(Cc2ccc(OC)cc2)c2cc(F)c(C(F)(F)F)c(C3CCCC(=O)C3)c2F)cc1. The van der Waals surface area contributed by atoms with Crippen LogP contribution in [0, 0.1) is 11.6 Å². The van der Waals surface area contributed by atoms with E-state index in [-0.39, 0.29) is 43.8 Å². The van der Waals surface area contributed by atoms with E-state index in [2.05, 4.69) is 0 Å². The van der Waals surface area contributed by atoms with Gasteiger partial charge in [-0.05, 0) is 54.2 Å². The van der Waals surface area contributed by atoms with Crippen LogP contribution in [0.25, 0.3) is 0 Å². The van der Waals surface area contributed by atoms with Gasteiger partial charge in [-0.25, -0.2) is 8.78 Å². The molecule has 1 fully saturated rings. The van der Waals surface area contributed by atoms with Crippen molar-refractivity contribution in [3.8, 4) is 11.5 Å². The van der Waals surface area contributed by atoms with Crippen LogP contribution >= 0.6 is 0 Å². The van der Waals surface area contributed by atoms with Crippen LogP contribution in [0.4, 0.5) is 27.6 Å². The molecule has 0 heterocycles. The van der Waals surface area contributed by atoms with E-state index in [1.165, 1.54) is 19.1 Å². The van der Waals surface area contributed by atoms with Crippen molar-refractivity contribution in [3.05, 3.63) is 88.5 Å². The fraction of sp³-hybridized carbons (Fsp3) is 0.345. The molecule has 1 aliphatic rings. The Morgan fingerprint density at radius 1 is 0.895 bits per heavy atom. The van der Waals surface area contributed by atoms with Crippen molar-refractivity contribution >= 4 is 11.5 Å². The number of hydrogen-bond acceptors (Lipinski definition) is 4. The zero-order valence-corrected chi connectivity index (χ0v) is 21.1. The lowest BCUT2D eigenvalue weighted by atomic mass is 9.80. The van der Waals surface area contributed by atoms with Crippen LogP contribution in [0.2, 0.25) is 0 Å². The maximum Gasteiger partial charge on any atom is 0.419 e. The minimum Gasteiger partial charge on any atom is -0.497 e. The molecule has 0 aromatic heterocycles. The van der Waals surface area contributed by atoms with Crippen LogP contribution in [-0.2, 0) is 24.1 Å². The number of Topliss-reactive ketones (excluding diaryl/α,β-unsaturated/α-hetero) is 1. The second-order valence-corrected chi connectivity index (χ2v) is 9.36. The third-order valence-electron chi connectivity index (χ3n) is 6.81. The van der Waals surface area contributed by atoms with Gasteiger partial charge in [0.15, 0.2) is 5.82 Å². The molecule has 3 aromatic carbocycles. The fourth-order valence-corrected chi connectivity index (χ4v) is 4.93. The van der Waals surface area contributed by atoms with Gasteiger partial charge >= 0.3 is 6.18 Å². The molecule has 0 saturated heterocycles. The van der Waals surface area contributed by atoms with E-state index >= 15 is 8.78 Å². The summed E-state index contributed by atoms with van der Waals surface area (Å²) in [6, 6.07) is 14.5. The van der Waals surface area contributed by atoms with Gasteiger partial charge in [0.1, 0.15) is 23.1 Å². The van der Waals surface area contributed by atoms with E-state index in [0.717, 1.165) is 0 Å². The van der Waals surface area contributed by atoms with Crippen LogP contribution in [0.1, 0.15) is 53.9 Å². The van der Waals surface area contributed by atoms with Crippen LogP contribution in [0.5, 0.6) is 11.5 Å². The summed E-state index contributed by atoms with van der Waals surface area (Å²) in [5.41, 5.74) is -1.26. The summed E-state index contributed by atoms with van der Waals surface area (Å²) < 4.78 is 83.7. The maximum atomic E-state index is 16.2. The lowest BCUT2D eigenvalue weighted by Crippen LogP contribution is -2.27. The molecule has 0 amide bonds. The Morgan fingerprint density at radius 3 is 1.87 bits per heavy atom. The lowest BCUT2D eigenvalue weighted by molar-refractivity contribution is -0.141. The smallest absolute Gasteiger partial charge is 0.419 e. The lowest BCUT2D eigenvalue weighted by Gasteiger charge is -2.31. The van der Waals surface area contributed by atoms with E-state index in [4.69, 9.17) is 9.47 Å². The minimum atomic E-state index is -5.12. The first-order chi connectivity index (χ1) is 18.1. The van der Waals surface area contributed by atoms with E-state index < -0.39 is 34.9 Å². The first-order valence-electron chi connectivity index (χ1n) is 12.2. The van der Waals surface area contributed by atoms with E-state index in [9.17, 15) is 18.0 Å².